The van der Waals surface area contributed by atoms with E-state index in [4.69, 9.17) is 0 Å². The molecule has 1 nitrogen and oxygen atoms in total. The summed E-state index contributed by atoms with van der Waals surface area (Å²) in [6.45, 7) is 0. The molecular weight excluding hydrogens is 795 g/mol. The van der Waals surface area contributed by atoms with E-state index in [2.05, 4.69) is 266 Å². The fourth-order valence-electron chi connectivity index (χ4n) is 10.8. The van der Waals surface area contributed by atoms with Gasteiger partial charge in [-0.2, -0.15) is 0 Å². The van der Waals surface area contributed by atoms with Crippen LogP contribution < -0.4 is 4.90 Å². The van der Waals surface area contributed by atoms with Crippen LogP contribution in [0.3, 0.4) is 0 Å². The highest BCUT2D eigenvalue weighted by Crippen LogP contribution is 2.58. The van der Waals surface area contributed by atoms with E-state index in [1.54, 1.807) is 0 Å². The standard InChI is InChI=1S/C65H47N/c1-5-20-46(21-6-1)51-42-52(47-22-7-2-8-23-47)44-53(43-51)48-36-39-56(40-37-48)66(64-35-19-25-49-24-13-14-30-57(49)64)63-34-18-16-31-58(63)50-38-41-60-59-32-15-17-33-61(59)65(62(60)45-50,54-26-9-3-10-27-54)55-28-11-4-12-29-55/h1-11,13-28,30-45H,12,29H2. The molecule has 1 atom stereocenters. The Morgan fingerprint density at radius 3 is 1.61 bits per heavy atom. The molecule has 0 fully saturated rings. The third-order valence-electron chi connectivity index (χ3n) is 13.8. The molecule has 0 saturated carbocycles. The topological polar surface area (TPSA) is 3.24 Å². The summed E-state index contributed by atoms with van der Waals surface area (Å²) in [6.07, 6.45) is 8.99. The summed E-state index contributed by atoms with van der Waals surface area (Å²) >= 11 is 0. The number of hydrogen-bond acceptors (Lipinski definition) is 1. The molecule has 0 N–H and O–H groups in total. The van der Waals surface area contributed by atoms with Gasteiger partial charge in [0.2, 0.25) is 0 Å². The van der Waals surface area contributed by atoms with E-state index < -0.39 is 5.41 Å². The zero-order valence-corrected chi connectivity index (χ0v) is 36.7. The van der Waals surface area contributed by atoms with E-state index in [9.17, 15) is 0 Å². The Hall–Kier alpha value is -8.26. The molecular formula is C65H47N. The first kappa shape index (κ1) is 39.3. The maximum atomic E-state index is 2.51. The predicted octanol–water partition coefficient (Wildman–Crippen LogP) is 17.6. The first-order chi connectivity index (χ1) is 32.7. The van der Waals surface area contributed by atoms with Crippen LogP contribution >= 0.6 is 0 Å². The van der Waals surface area contributed by atoms with Crippen LogP contribution in [0, 0.1) is 0 Å². The van der Waals surface area contributed by atoms with Crippen molar-refractivity contribution in [1.29, 1.82) is 0 Å². The molecule has 2 aliphatic rings. The number of allylic oxidation sites excluding steroid dienone is 4. The second kappa shape index (κ2) is 16.7. The molecule has 0 aromatic heterocycles. The molecule has 0 amide bonds. The largest absolute Gasteiger partial charge is 0.309 e. The number of para-hydroxylation sites is 1. The summed E-state index contributed by atoms with van der Waals surface area (Å²) in [5.74, 6) is 0. The summed E-state index contributed by atoms with van der Waals surface area (Å²) in [6, 6.07) is 89.5. The summed E-state index contributed by atoms with van der Waals surface area (Å²) in [4.78, 5) is 2.47. The first-order valence-corrected chi connectivity index (χ1v) is 23.1. The van der Waals surface area contributed by atoms with Crippen molar-refractivity contribution >= 4 is 27.8 Å². The number of nitrogens with zero attached hydrogens (tertiary/aromatic N) is 1. The molecule has 12 rings (SSSR count). The maximum absolute atomic E-state index is 2.51. The molecule has 0 aliphatic heterocycles. The van der Waals surface area contributed by atoms with Gasteiger partial charge >= 0.3 is 0 Å². The average molecular weight is 842 g/mol. The Kier molecular flexibility index (Phi) is 9.95. The Balaban J connectivity index is 1.03. The number of rotatable bonds is 9. The van der Waals surface area contributed by atoms with Gasteiger partial charge < -0.3 is 4.90 Å². The van der Waals surface area contributed by atoms with Crippen LogP contribution in [0.5, 0.6) is 0 Å². The normalized spacial score (nSPS) is 14.9. The lowest BCUT2D eigenvalue weighted by Crippen LogP contribution is -2.30. The molecule has 0 radical (unpaired) electrons. The third-order valence-corrected chi connectivity index (χ3v) is 13.8. The summed E-state index contributed by atoms with van der Waals surface area (Å²) in [5.41, 5.74) is 20.6. The van der Waals surface area contributed by atoms with Crippen LogP contribution in [0.2, 0.25) is 0 Å². The summed E-state index contributed by atoms with van der Waals surface area (Å²) in [5, 5.41) is 2.41. The fraction of sp³-hybridized carbons (Fsp3) is 0.0462. The smallest absolute Gasteiger partial charge is 0.0676 e. The molecule has 1 unspecified atom stereocenters. The van der Waals surface area contributed by atoms with Gasteiger partial charge in [0.1, 0.15) is 0 Å². The molecule has 66 heavy (non-hydrogen) atoms. The summed E-state index contributed by atoms with van der Waals surface area (Å²) < 4.78 is 0. The zero-order valence-electron chi connectivity index (χ0n) is 36.7. The number of hydrogen-bond donors (Lipinski definition) is 0. The Morgan fingerprint density at radius 1 is 0.364 bits per heavy atom. The lowest BCUT2D eigenvalue weighted by Gasteiger charge is -2.37. The van der Waals surface area contributed by atoms with Crippen molar-refractivity contribution in [3.8, 4) is 55.6 Å². The molecule has 10 aromatic carbocycles. The number of benzene rings is 10. The van der Waals surface area contributed by atoms with Crippen molar-refractivity contribution in [2.75, 3.05) is 4.90 Å². The van der Waals surface area contributed by atoms with E-state index >= 15 is 0 Å². The second-order valence-corrected chi connectivity index (χ2v) is 17.5. The fourth-order valence-corrected chi connectivity index (χ4v) is 10.8. The van der Waals surface area contributed by atoms with Crippen LogP contribution in [0.25, 0.3) is 66.4 Å². The lowest BCUT2D eigenvalue weighted by molar-refractivity contribution is 0.693. The minimum absolute atomic E-state index is 0.410. The molecule has 1 heteroatoms. The van der Waals surface area contributed by atoms with Crippen LogP contribution in [-0.2, 0) is 5.41 Å². The number of anilines is 3. The maximum Gasteiger partial charge on any atom is 0.0676 e. The number of fused-ring (bicyclic) bond motifs is 4. The highest BCUT2D eigenvalue weighted by molar-refractivity contribution is 6.01. The van der Waals surface area contributed by atoms with Crippen molar-refractivity contribution in [2.45, 2.75) is 18.3 Å². The van der Waals surface area contributed by atoms with Crippen molar-refractivity contribution < 1.29 is 0 Å². The van der Waals surface area contributed by atoms with Gasteiger partial charge in [-0.25, -0.2) is 0 Å². The van der Waals surface area contributed by atoms with Gasteiger partial charge in [-0.15, -0.1) is 0 Å². The van der Waals surface area contributed by atoms with Crippen molar-refractivity contribution in [3.63, 3.8) is 0 Å². The van der Waals surface area contributed by atoms with Crippen LogP contribution in [0.1, 0.15) is 29.5 Å². The van der Waals surface area contributed by atoms with Crippen molar-refractivity contribution in [1.82, 2.24) is 0 Å². The Bertz CT molecular complexity index is 3390. The van der Waals surface area contributed by atoms with Crippen LogP contribution in [0.4, 0.5) is 17.1 Å². The Labute approximate surface area is 387 Å². The monoisotopic (exact) mass is 841 g/mol. The minimum Gasteiger partial charge on any atom is -0.309 e. The molecule has 0 spiro atoms. The highest BCUT2D eigenvalue weighted by Gasteiger charge is 2.47. The van der Waals surface area contributed by atoms with Gasteiger partial charge in [0.15, 0.2) is 0 Å². The second-order valence-electron chi connectivity index (χ2n) is 17.5. The van der Waals surface area contributed by atoms with Crippen molar-refractivity contribution in [3.05, 3.63) is 283 Å². The SMILES string of the molecule is C1=CCCC(C2(c3ccccc3)c3ccccc3-c3ccc(-c4ccccc4N(c4ccc(-c5cc(-c6ccccc6)cc(-c6ccccc6)c5)cc4)c4cccc5ccccc45)cc32)=C1. The predicted molar refractivity (Wildman–Crippen MR) is 279 cm³/mol. The van der Waals surface area contributed by atoms with Gasteiger partial charge in [0.25, 0.3) is 0 Å². The van der Waals surface area contributed by atoms with E-state index in [0.717, 1.165) is 29.9 Å². The molecule has 0 bridgehead atoms. The summed E-state index contributed by atoms with van der Waals surface area (Å²) in [7, 11) is 0. The minimum atomic E-state index is -0.410. The zero-order chi connectivity index (χ0) is 43.9. The van der Waals surface area contributed by atoms with Gasteiger partial charge in [-0.3, -0.25) is 0 Å². The van der Waals surface area contributed by atoms with E-state index in [1.165, 1.54) is 88.7 Å². The highest BCUT2D eigenvalue weighted by atomic mass is 15.1. The first-order valence-electron chi connectivity index (χ1n) is 23.1. The van der Waals surface area contributed by atoms with Crippen LogP contribution in [0.15, 0.2) is 266 Å². The van der Waals surface area contributed by atoms with Gasteiger partial charge in [-0.05, 0) is 134 Å². The molecule has 10 aromatic rings. The molecule has 0 heterocycles. The lowest BCUT2D eigenvalue weighted by atomic mass is 9.65. The third kappa shape index (κ3) is 6.71. The quantitative estimate of drug-likeness (QED) is 0.140. The van der Waals surface area contributed by atoms with Crippen LogP contribution in [-0.4, -0.2) is 0 Å². The molecule has 2 aliphatic carbocycles. The van der Waals surface area contributed by atoms with E-state index in [0.29, 0.717) is 0 Å². The van der Waals surface area contributed by atoms with Gasteiger partial charge in [0.05, 0.1) is 16.8 Å². The molecule has 312 valence electrons. The van der Waals surface area contributed by atoms with E-state index in [1.807, 2.05) is 0 Å². The van der Waals surface area contributed by atoms with Gasteiger partial charge in [0, 0.05) is 16.6 Å². The van der Waals surface area contributed by atoms with E-state index in [-0.39, 0.29) is 0 Å². The molecule has 0 saturated heterocycles. The van der Waals surface area contributed by atoms with Crippen molar-refractivity contribution in [2.24, 2.45) is 0 Å². The van der Waals surface area contributed by atoms with Gasteiger partial charge in [-0.1, -0.05) is 218 Å². The average Bonchev–Trinajstić information content (AvgIpc) is 3.70. The Morgan fingerprint density at radius 2 is 0.909 bits per heavy atom.